The summed E-state index contributed by atoms with van der Waals surface area (Å²) in [5.74, 6) is -4.14. The second-order valence-corrected chi connectivity index (χ2v) is 10.3. The van der Waals surface area contributed by atoms with E-state index in [0.717, 1.165) is 29.8 Å². The maximum atomic E-state index is 14.6. The summed E-state index contributed by atoms with van der Waals surface area (Å²) in [6.45, 7) is 1.91. The number of aromatic nitrogens is 2. The van der Waals surface area contributed by atoms with Crippen molar-refractivity contribution < 1.29 is 27.3 Å². The molecule has 1 aliphatic carbocycles. The molecule has 36 heavy (non-hydrogen) atoms. The Morgan fingerprint density at radius 3 is 2.47 bits per heavy atom. The van der Waals surface area contributed by atoms with E-state index in [0.29, 0.717) is 18.5 Å². The predicted octanol–water partition coefficient (Wildman–Crippen LogP) is 3.75. The Bertz CT molecular complexity index is 1300. The molecule has 5 atom stereocenters. The number of pyridine rings is 2. The number of rotatable bonds is 5. The number of nitrogens with one attached hydrogen (secondary N) is 1. The topological polar surface area (TPSA) is 118 Å². The number of hydrogen-bond donors (Lipinski definition) is 3. The van der Waals surface area contributed by atoms with Gasteiger partial charge >= 0.3 is 0 Å². The molecule has 11 heteroatoms. The van der Waals surface area contributed by atoms with E-state index in [2.05, 4.69) is 15.3 Å². The zero-order valence-corrected chi connectivity index (χ0v) is 20.4. The van der Waals surface area contributed by atoms with Gasteiger partial charge in [-0.25, -0.2) is 18.2 Å². The van der Waals surface area contributed by atoms with Crippen molar-refractivity contribution in [2.24, 2.45) is 11.7 Å². The number of aliphatic hydroxyl groups excluding tert-OH is 1. The van der Waals surface area contributed by atoms with E-state index in [1.165, 1.54) is 12.5 Å². The van der Waals surface area contributed by atoms with Crippen molar-refractivity contribution in [2.45, 2.75) is 42.7 Å². The first-order valence-corrected chi connectivity index (χ1v) is 12.8. The number of halogens is 3. The fraction of sp³-hybridized carbons (Fsp3) is 0.320. The molecule has 2 heterocycles. The van der Waals surface area contributed by atoms with Gasteiger partial charge in [-0.2, -0.15) is 0 Å². The van der Waals surface area contributed by atoms with Crippen LogP contribution in [0.5, 0.6) is 0 Å². The number of nitrogens with zero attached hydrogens (tertiary/aromatic N) is 2. The number of hydrogen-bond acceptors (Lipinski definition) is 6. The molecule has 0 spiro atoms. The van der Waals surface area contributed by atoms with Gasteiger partial charge in [0, 0.05) is 34.2 Å². The summed E-state index contributed by atoms with van der Waals surface area (Å²) < 4.78 is 55.4. The lowest BCUT2D eigenvalue weighted by molar-refractivity contribution is 0.0521. The Hall–Kier alpha value is -3.15. The van der Waals surface area contributed by atoms with Gasteiger partial charge in [-0.3, -0.25) is 14.0 Å². The highest BCUT2D eigenvalue weighted by Crippen LogP contribution is 2.38. The maximum Gasteiger partial charge on any atom is 0.274 e. The fourth-order valence-corrected chi connectivity index (χ4v) is 5.11. The van der Waals surface area contributed by atoms with Gasteiger partial charge in [0.15, 0.2) is 0 Å². The summed E-state index contributed by atoms with van der Waals surface area (Å²) >= 11 is 0. The van der Waals surface area contributed by atoms with Crippen LogP contribution >= 0.6 is 0 Å². The minimum absolute atomic E-state index is 0.0424. The monoisotopic (exact) mass is 518 g/mol. The molecular formula is C25H25F3N4O3S. The van der Waals surface area contributed by atoms with Crippen LogP contribution in [0.15, 0.2) is 47.6 Å². The highest BCUT2D eigenvalue weighted by molar-refractivity contribution is 7.84. The van der Waals surface area contributed by atoms with Crippen LogP contribution in [0.2, 0.25) is 0 Å². The number of amides is 1. The zero-order valence-electron chi connectivity index (χ0n) is 19.5. The standard InChI is InChI=1S/C25H25F3N4O3S/c1-12-7-13(8-19(29)24(12)33)15-5-6-30-11-21(15)32-25(34)20-4-3-16(26)23(31-20)22-17(27)9-14(36(2)35)10-18(22)28/h3-6,9-13,19,24,33H,7-8,29H2,1-2H3,(H,32,34). The van der Waals surface area contributed by atoms with Crippen LogP contribution in [0.4, 0.5) is 18.9 Å². The lowest BCUT2D eigenvalue weighted by Gasteiger charge is -2.36. The van der Waals surface area contributed by atoms with E-state index >= 15 is 0 Å². The van der Waals surface area contributed by atoms with E-state index in [1.54, 1.807) is 12.3 Å². The third-order valence-corrected chi connectivity index (χ3v) is 7.34. The van der Waals surface area contributed by atoms with Crippen molar-refractivity contribution in [3.8, 4) is 11.3 Å². The van der Waals surface area contributed by atoms with Crippen LogP contribution in [0, 0.1) is 23.4 Å². The summed E-state index contributed by atoms with van der Waals surface area (Å²) in [4.78, 5) is 20.9. The molecule has 4 N–H and O–H groups in total. The van der Waals surface area contributed by atoms with E-state index in [4.69, 9.17) is 5.73 Å². The lowest BCUT2D eigenvalue weighted by atomic mass is 9.74. The van der Waals surface area contributed by atoms with E-state index in [9.17, 15) is 27.3 Å². The first kappa shape index (κ1) is 25.9. The van der Waals surface area contributed by atoms with Crippen LogP contribution in [-0.4, -0.2) is 43.6 Å². The Balaban J connectivity index is 1.64. The van der Waals surface area contributed by atoms with Crippen LogP contribution in [-0.2, 0) is 10.8 Å². The Morgan fingerprint density at radius 2 is 1.83 bits per heavy atom. The van der Waals surface area contributed by atoms with Crippen molar-refractivity contribution in [1.29, 1.82) is 0 Å². The van der Waals surface area contributed by atoms with Crippen molar-refractivity contribution >= 4 is 22.4 Å². The quantitative estimate of drug-likeness (QED) is 0.474. The Kier molecular flexibility index (Phi) is 7.53. The molecule has 0 saturated heterocycles. The average molecular weight is 519 g/mol. The van der Waals surface area contributed by atoms with Crippen LogP contribution < -0.4 is 11.1 Å². The summed E-state index contributed by atoms with van der Waals surface area (Å²) in [7, 11) is -1.65. The average Bonchev–Trinajstić information content (AvgIpc) is 2.83. The van der Waals surface area contributed by atoms with Gasteiger partial charge in [0.25, 0.3) is 5.91 Å². The highest BCUT2D eigenvalue weighted by atomic mass is 32.2. The predicted molar refractivity (Wildman–Crippen MR) is 129 cm³/mol. The van der Waals surface area contributed by atoms with Crippen LogP contribution in [0.3, 0.4) is 0 Å². The molecule has 1 amide bonds. The largest absolute Gasteiger partial charge is 0.391 e. The van der Waals surface area contributed by atoms with Crippen molar-refractivity contribution in [2.75, 3.05) is 11.6 Å². The van der Waals surface area contributed by atoms with E-state index in [1.807, 2.05) is 6.92 Å². The summed E-state index contributed by atoms with van der Waals surface area (Å²) in [6.07, 6.45) is 4.84. The Morgan fingerprint density at radius 1 is 1.14 bits per heavy atom. The van der Waals surface area contributed by atoms with Crippen LogP contribution in [0.1, 0.15) is 41.7 Å². The number of nitrogens with two attached hydrogens (primary N) is 1. The van der Waals surface area contributed by atoms with E-state index in [-0.39, 0.29) is 22.4 Å². The molecule has 1 aliphatic rings. The van der Waals surface area contributed by atoms with Gasteiger partial charge in [0.1, 0.15) is 28.8 Å². The second-order valence-electron chi connectivity index (χ2n) is 8.96. The minimum atomic E-state index is -1.65. The van der Waals surface area contributed by atoms with Gasteiger partial charge in [0.05, 0.1) is 23.6 Å². The molecule has 0 aliphatic heterocycles. The van der Waals surface area contributed by atoms with Crippen molar-refractivity contribution in [3.05, 3.63) is 71.4 Å². The molecule has 3 aromatic rings. The van der Waals surface area contributed by atoms with E-state index < -0.39 is 57.6 Å². The maximum absolute atomic E-state index is 14.6. The summed E-state index contributed by atoms with van der Waals surface area (Å²) in [5, 5.41) is 12.9. The van der Waals surface area contributed by atoms with Gasteiger partial charge < -0.3 is 16.2 Å². The molecule has 1 aromatic carbocycles. The molecule has 7 nitrogen and oxygen atoms in total. The van der Waals surface area contributed by atoms with Crippen molar-refractivity contribution in [3.63, 3.8) is 0 Å². The normalized spacial score (nSPS) is 22.8. The molecule has 0 bridgehead atoms. The second kappa shape index (κ2) is 10.5. The van der Waals surface area contributed by atoms with Crippen LogP contribution in [0.25, 0.3) is 11.3 Å². The van der Waals surface area contributed by atoms with Gasteiger partial charge in [-0.1, -0.05) is 6.92 Å². The first-order valence-electron chi connectivity index (χ1n) is 11.2. The number of carbonyl (C=O) groups is 1. The molecule has 1 fully saturated rings. The summed E-state index contributed by atoms with van der Waals surface area (Å²) in [5.41, 5.74) is 5.55. The third-order valence-electron chi connectivity index (χ3n) is 6.44. The molecule has 190 valence electrons. The fourth-order valence-electron chi connectivity index (χ4n) is 4.57. The Labute approximate surface area is 208 Å². The number of anilines is 1. The molecule has 2 aromatic heterocycles. The zero-order chi connectivity index (χ0) is 26.1. The lowest BCUT2D eigenvalue weighted by Crippen LogP contribution is -2.44. The molecular weight excluding hydrogens is 493 g/mol. The van der Waals surface area contributed by atoms with Gasteiger partial charge in [0.2, 0.25) is 0 Å². The molecule has 4 rings (SSSR count). The molecule has 0 radical (unpaired) electrons. The van der Waals surface area contributed by atoms with Crippen molar-refractivity contribution in [1.82, 2.24) is 9.97 Å². The SMILES string of the molecule is CC1CC(c2ccncc2NC(=O)c2ccc(F)c(-c3c(F)cc(S(C)=O)cc3F)n2)CC(N)C1O. The smallest absolute Gasteiger partial charge is 0.274 e. The number of carbonyl (C=O) groups excluding carboxylic acids is 1. The molecule has 1 saturated carbocycles. The first-order chi connectivity index (χ1) is 17.1. The highest BCUT2D eigenvalue weighted by Gasteiger charge is 2.34. The third kappa shape index (κ3) is 5.18. The summed E-state index contributed by atoms with van der Waals surface area (Å²) in [6, 6.07) is 5.03. The number of aliphatic hydroxyl groups is 1. The minimum Gasteiger partial charge on any atom is -0.391 e. The number of benzene rings is 1. The van der Waals surface area contributed by atoms with Gasteiger partial charge in [-0.15, -0.1) is 0 Å². The molecule has 5 unspecified atom stereocenters. The van der Waals surface area contributed by atoms with Gasteiger partial charge in [-0.05, 0) is 60.6 Å².